The maximum atomic E-state index is 11.6. The SMILES string of the molecule is CCC(O)CCOC(=O)C(C)C(C)(C)C. The molecule has 0 heterocycles. The van der Waals surface area contributed by atoms with Gasteiger partial charge in [0.2, 0.25) is 0 Å². The van der Waals surface area contributed by atoms with E-state index in [1.165, 1.54) is 0 Å². The third-order valence-corrected chi connectivity index (χ3v) is 2.82. The van der Waals surface area contributed by atoms with E-state index in [9.17, 15) is 9.90 Å². The van der Waals surface area contributed by atoms with Gasteiger partial charge in [0.15, 0.2) is 0 Å². The number of carbonyl (C=O) groups excluding carboxylic acids is 1. The van der Waals surface area contributed by atoms with Crippen molar-refractivity contribution >= 4 is 5.97 Å². The first kappa shape index (κ1) is 14.4. The summed E-state index contributed by atoms with van der Waals surface area (Å²) in [5, 5.41) is 9.28. The summed E-state index contributed by atoms with van der Waals surface area (Å²) in [4.78, 5) is 11.6. The largest absolute Gasteiger partial charge is 0.465 e. The first-order chi connectivity index (χ1) is 6.79. The van der Waals surface area contributed by atoms with E-state index >= 15 is 0 Å². The Morgan fingerprint density at radius 3 is 2.33 bits per heavy atom. The normalized spacial score (nSPS) is 15.9. The van der Waals surface area contributed by atoms with Crippen molar-refractivity contribution in [3.63, 3.8) is 0 Å². The highest BCUT2D eigenvalue weighted by molar-refractivity contribution is 5.72. The highest BCUT2D eigenvalue weighted by Crippen LogP contribution is 2.26. The minimum absolute atomic E-state index is 0.0690. The molecule has 0 aliphatic carbocycles. The fourth-order valence-electron chi connectivity index (χ4n) is 0.978. The maximum Gasteiger partial charge on any atom is 0.309 e. The summed E-state index contributed by atoms with van der Waals surface area (Å²) in [6.07, 6.45) is 0.869. The van der Waals surface area contributed by atoms with Gasteiger partial charge in [-0.25, -0.2) is 0 Å². The van der Waals surface area contributed by atoms with Crippen molar-refractivity contribution in [3.8, 4) is 0 Å². The first-order valence-corrected chi connectivity index (χ1v) is 5.63. The maximum absolute atomic E-state index is 11.6. The van der Waals surface area contributed by atoms with Crippen molar-refractivity contribution in [1.82, 2.24) is 0 Å². The van der Waals surface area contributed by atoms with Crippen LogP contribution in [0.3, 0.4) is 0 Å². The van der Waals surface area contributed by atoms with Gasteiger partial charge in [0.25, 0.3) is 0 Å². The summed E-state index contributed by atoms with van der Waals surface area (Å²) in [7, 11) is 0. The van der Waals surface area contributed by atoms with E-state index in [1.54, 1.807) is 0 Å². The topological polar surface area (TPSA) is 46.5 Å². The predicted molar refractivity (Wildman–Crippen MR) is 60.5 cm³/mol. The molecule has 15 heavy (non-hydrogen) atoms. The number of hydrogen-bond donors (Lipinski definition) is 1. The van der Waals surface area contributed by atoms with E-state index in [-0.39, 0.29) is 23.4 Å². The molecule has 0 radical (unpaired) electrons. The van der Waals surface area contributed by atoms with Gasteiger partial charge in [0.1, 0.15) is 0 Å². The van der Waals surface area contributed by atoms with E-state index in [0.29, 0.717) is 19.4 Å². The van der Waals surface area contributed by atoms with Gasteiger partial charge in [-0.2, -0.15) is 0 Å². The van der Waals surface area contributed by atoms with E-state index in [2.05, 4.69) is 0 Å². The standard InChI is InChI=1S/C12H24O3/c1-6-10(13)7-8-15-11(14)9(2)12(3,4)5/h9-10,13H,6-8H2,1-5H3. The van der Waals surface area contributed by atoms with E-state index in [1.807, 2.05) is 34.6 Å². The molecule has 3 nitrogen and oxygen atoms in total. The molecule has 0 aromatic carbocycles. The molecule has 0 amide bonds. The molecule has 2 unspecified atom stereocenters. The summed E-state index contributed by atoms with van der Waals surface area (Å²) in [5.41, 5.74) is -0.0690. The Balaban J connectivity index is 3.85. The van der Waals surface area contributed by atoms with Gasteiger partial charge in [0.05, 0.1) is 18.6 Å². The molecule has 0 spiro atoms. The lowest BCUT2D eigenvalue weighted by Crippen LogP contribution is -2.28. The summed E-state index contributed by atoms with van der Waals surface area (Å²) in [6.45, 7) is 10.1. The van der Waals surface area contributed by atoms with Crippen LogP contribution in [0.25, 0.3) is 0 Å². The predicted octanol–water partition coefficient (Wildman–Crippen LogP) is 2.37. The van der Waals surface area contributed by atoms with Crippen molar-refractivity contribution in [3.05, 3.63) is 0 Å². The molecule has 3 heteroatoms. The number of esters is 1. The van der Waals surface area contributed by atoms with Crippen LogP contribution in [0, 0.1) is 11.3 Å². The Kier molecular flexibility index (Phi) is 5.88. The van der Waals surface area contributed by atoms with Crippen LogP contribution in [0.4, 0.5) is 0 Å². The fourth-order valence-corrected chi connectivity index (χ4v) is 0.978. The van der Waals surface area contributed by atoms with Gasteiger partial charge in [-0.15, -0.1) is 0 Å². The average Bonchev–Trinajstić information content (AvgIpc) is 2.14. The van der Waals surface area contributed by atoms with E-state index in [0.717, 1.165) is 0 Å². The lowest BCUT2D eigenvalue weighted by atomic mass is 9.82. The molecule has 0 rings (SSSR count). The van der Waals surface area contributed by atoms with Crippen LogP contribution in [0.2, 0.25) is 0 Å². The summed E-state index contributed by atoms with van der Waals surface area (Å²) in [6, 6.07) is 0. The molecule has 90 valence electrons. The Morgan fingerprint density at radius 1 is 1.40 bits per heavy atom. The van der Waals surface area contributed by atoms with Crippen molar-refractivity contribution in [2.45, 2.75) is 53.6 Å². The number of ether oxygens (including phenoxy) is 1. The molecule has 0 aliphatic heterocycles. The van der Waals surface area contributed by atoms with Crippen LogP contribution in [0.1, 0.15) is 47.5 Å². The first-order valence-electron chi connectivity index (χ1n) is 5.63. The van der Waals surface area contributed by atoms with Crippen molar-refractivity contribution in [2.75, 3.05) is 6.61 Å². The van der Waals surface area contributed by atoms with Gasteiger partial charge in [-0.1, -0.05) is 34.6 Å². The highest BCUT2D eigenvalue weighted by atomic mass is 16.5. The average molecular weight is 216 g/mol. The molecular formula is C12H24O3. The van der Waals surface area contributed by atoms with Gasteiger partial charge >= 0.3 is 5.97 Å². The van der Waals surface area contributed by atoms with Gasteiger partial charge in [-0.3, -0.25) is 4.79 Å². The molecule has 2 atom stereocenters. The highest BCUT2D eigenvalue weighted by Gasteiger charge is 2.27. The van der Waals surface area contributed by atoms with Crippen molar-refractivity contribution in [2.24, 2.45) is 11.3 Å². The van der Waals surface area contributed by atoms with Gasteiger partial charge in [0, 0.05) is 6.42 Å². The van der Waals surface area contributed by atoms with Gasteiger partial charge < -0.3 is 9.84 Å². The monoisotopic (exact) mass is 216 g/mol. The van der Waals surface area contributed by atoms with Crippen LogP contribution < -0.4 is 0 Å². The summed E-state index contributed by atoms with van der Waals surface area (Å²) < 4.78 is 5.10. The fraction of sp³-hybridized carbons (Fsp3) is 0.917. The smallest absolute Gasteiger partial charge is 0.309 e. The number of hydrogen-bond acceptors (Lipinski definition) is 3. The molecule has 0 saturated heterocycles. The zero-order valence-corrected chi connectivity index (χ0v) is 10.5. The quantitative estimate of drug-likeness (QED) is 0.718. The molecule has 0 aromatic heterocycles. The van der Waals surface area contributed by atoms with E-state index < -0.39 is 0 Å². The lowest BCUT2D eigenvalue weighted by Gasteiger charge is -2.25. The summed E-state index contributed by atoms with van der Waals surface area (Å²) >= 11 is 0. The zero-order chi connectivity index (χ0) is 12.1. The molecular weight excluding hydrogens is 192 g/mol. The second kappa shape index (κ2) is 6.11. The van der Waals surface area contributed by atoms with Crippen molar-refractivity contribution in [1.29, 1.82) is 0 Å². The Labute approximate surface area is 92.8 Å². The van der Waals surface area contributed by atoms with Crippen LogP contribution >= 0.6 is 0 Å². The number of aliphatic hydroxyl groups is 1. The third kappa shape index (κ3) is 5.78. The molecule has 0 fully saturated rings. The Morgan fingerprint density at radius 2 is 1.93 bits per heavy atom. The lowest BCUT2D eigenvalue weighted by molar-refractivity contribution is -0.152. The Hall–Kier alpha value is -0.570. The minimum atomic E-state index is -0.359. The van der Waals surface area contributed by atoms with Crippen LogP contribution in [0.15, 0.2) is 0 Å². The van der Waals surface area contributed by atoms with Crippen LogP contribution in [0.5, 0.6) is 0 Å². The van der Waals surface area contributed by atoms with Crippen LogP contribution in [-0.2, 0) is 9.53 Å². The number of aliphatic hydroxyl groups excluding tert-OH is 1. The second-order valence-corrected chi connectivity index (χ2v) is 5.11. The van der Waals surface area contributed by atoms with Crippen molar-refractivity contribution < 1.29 is 14.6 Å². The van der Waals surface area contributed by atoms with Gasteiger partial charge in [-0.05, 0) is 11.8 Å². The molecule has 1 N–H and O–H groups in total. The molecule has 0 bridgehead atoms. The minimum Gasteiger partial charge on any atom is -0.465 e. The Bertz CT molecular complexity index is 194. The summed E-state index contributed by atoms with van der Waals surface area (Å²) in [5.74, 6) is -0.290. The number of carbonyl (C=O) groups is 1. The van der Waals surface area contributed by atoms with Crippen LogP contribution in [-0.4, -0.2) is 23.8 Å². The second-order valence-electron chi connectivity index (χ2n) is 5.11. The van der Waals surface area contributed by atoms with E-state index in [4.69, 9.17) is 4.74 Å². The number of rotatable bonds is 5. The zero-order valence-electron chi connectivity index (χ0n) is 10.5. The third-order valence-electron chi connectivity index (χ3n) is 2.82. The molecule has 0 aromatic rings. The molecule has 0 saturated carbocycles. The molecule has 0 aliphatic rings.